The number of hydrogen-bond donors (Lipinski definition) is 2. The van der Waals surface area contributed by atoms with E-state index in [0.717, 1.165) is 5.56 Å². The standard InChI is InChI=1S/C10H9N3O2/c1-6-2-3-8(11-4-6)9-7(10(14)15)5-12-13-9/h2-5H,1H3,(H,12,13)(H,14,15). The smallest absolute Gasteiger partial charge is 0.339 e. The summed E-state index contributed by atoms with van der Waals surface area (Å²) in [4.78, 5) is 15.0. The minimum absolute atomic E-state index is 0.131. The van der Waals surface area contributed by atoms with E-state index in [1.807, 2.05) is 13.0 Å². The van der Waals surface area contributed by atoms with Crippen molar-refractivity contribution in [3.8, 4) is 11.4 Å². The highest BCUT2D eigenvalue weighted by Gasteiger charge is 2.14. The lowest BCUT2D eigenvalue weighted by Gasteiger charge is -1.99. The molecule has 5 heteroatoms. The monoisotopic (exact) mass is 203 g/mol. The van der Waals surface area contributed by atoms with E-state index in [-0.39, 0.29) is 5.56 Å². The third-order valence-electron chi connectivity index (χ3n) is 2.04. The van der Waals surface area contributed by atoms with Crippen LogP contribution in [-0.4, -0.2) is 26.3 Å². The van der Waals surface area contributed by atoms with E-state index in [2.05, 4.69) is 15.2 Å². The van der Waals surface area contributed by atoms with E-state index in [1.165, 1.54) is 6.20 Å². The van der Waals surface area contributed by atoms with Crippen LogP contribution in [0.5, 0.6) is 0 Å². The number of pyridine rings is 1. The largest absolute Gasteiger partial charge is 0.478 e. The van der Waals surface area contributed by atoms with Crippen LogP contribution in [0.2, 0.25) is 0 Å². The molecule has 76 valence electrons. The Morgan fingerprint density at radius 1 is 1.40 bits per heavy atom. The first-order chi connectivity index (χ1) is 7.18. The Kier molecular flexibility index (Phi) is 2.21. The summed E-state index contributed by atoms with van der Waals surface area (Å²) < 4.78 is 0. The maximum atomic E-state index is 10.8. The highest BCUT2D eigenvalue weighted by atomic mass is 16.4. The summed E-state index contributed by atoms with van der Waals surface area (Å²) >= 11 is 0. The zero-order chi connectivity index (χ0) is 10.8. The van der Waals surface area contributed by atoms with Crippen molar-refractivity contribution in [2.75, 3.05) is 0 Å². The molecule has 2 N–H and O–H groups in total. The Balaban J connectivity index is 2.49. The van der Waals surface area contributed by atoms with E-state index in [4.69, 9.17) is 5.11 Å². The molecule has 0 atom stereocenters. The zero-order valence-electron chi connectivity index (χ0n) is 8.06. The Hall–Kier alpha value is -2.17. The van der Waals surface area contributed by atoms with E-state index < -0.39 is 5.97 Å². The van der Waals surface area contributed by atoms with Crippen molar-refractivity contribution in [2.45, 2.75) is 6.92 Å². The van der Waals surface area contributed by atoms with E-state index in [1.54, 1.807) is 12.3 Å². The molecule has 2 aromatic rings. The number of rotatable bonds is 2. The number of aromatic amines is 1. The lowest BCUT2D eigenvalue weighted by molar-refractivity contribution is 0.0698. The second-order valence-corrected chi connectivity index (χ2v) is 3.18. The summed E-state index contributed by atoms with van der Waals surface area (Å²) in [6.45, 7) is 1.92. The van der Waals surface area contributed by atoms with Crippen LogP contribution >= 0.6 is 0 Å². The molecule has 0 amide bonds. The number of aryl methyl sites for hydroxylation is 1. The van der Waals surface area contributed by atoms with Gasteiger partial charge in [0.25, 0.3) is 0 Å². The van der Waals surface area contributed by atoms with Gasteiger partial charge in [0.1, 0.15) is 5.56 Å². The van der Waals surface area contributed by atoms with Gasteiger partial charge in [-0.15, -0.1) is 0 Å². The minimum Gasteiger partial charge on any atom is -0.478 e. The quantitative estimate of drug-likeness (QED) is 0.774. The summed E-state index contributed by atoms with van der Waals surface area (Å²) in [6.07, 6.45) is 2.96. The fraction of sp³-hybridized carbons (Fsp3) is 0.100. The molecule has 0 radical (unpaired) electrons. The molecule has 0 spiro atoms. The zero-order valence-corrected chi connectivity index (χ0v) is 8.06. The molecule has 0 saturated heterocycles. The Morgan fingerprint density at radius 3 is 2.80 bits per heavy atom. The SMILES string of the molecule is Cc1ccc(-c2[nH]ncc2C(=O)O)nc1. The molecule has 0 aromatic carbocycles. The molecule has 0 aliphatic heterocycles. The van der Waals surface area contributed by atoms with Crippen molar-refractivity contribution in [2.24, 2.45) is 0 Å². The number of hydrogen-bond acceptors (Lipinski definition) is 3. The molecule has 5 nitrogen and oxygen atoms in total. The number of nitrogens with one attached hydrogen (secondary N) is 1. The van der Waals surface area contributed by atoms with Crippen LogP contribution in [0.4, 0.5) is 0 Å². The van der Waals surface area contributed by atoms with Crippen LogP contribution in [0.3, 0.4) is 0 Å². The predicted octanol–water partition coefficient (Wildman–Crippen LogP) is 1.48. The predicted molar refractivity (Wildman–Crippen MR) is 53.5 cm³/mol. The van der Waals surface area contributed by atoms with Gasteiger partial charge in [0.05, 0.1) is 17.6 Å². The molecule has 0 bridgehead atoms. The van der Waals surface area contributed by atoms with Crippen molar-refractivity contribution in [3.63, 3.8) is 0 Å². The fourth-order valence-corrected chi connectivity index (χ4v) is 1.26. The molecule has 2 rings (SSSR count). The highest BCUT2D eigenvalue weighted by Crippen LogP contribution is 2.18. The van der Waals surface area contributed by atoms with Gasteiger partial charge in [-0.2, -0.15) is 5.10 Å². The minimum atomic E-state index is -1.01. The van der Waals surface area contributed by atoms with Crippen molar-refractivity contribution < 1.29 is 9.90 Å². The average Bonchev–Trinajstić information content (AvgIpc) is 2.67. The molecule has 0 fully saturated rings. The molecule has 0 unspecified atom stereocenters. The van der Waals surface area contributed by atoms with Gasteiger partial charge in [-0.05, 0) is 18.6 Å². The number of nitrogens with zero attached hydrogens (tertiary/aromatic N) is 2. The number of carboxylic acids is 1. The fourth-order valence-electron chi connectivity index (χ4n) is 1.26. The van der Waals surface area contributed by atoms with Crippen molar-refractivity contribution in [3.05, 3.63) is 35.7 Å². The number of aromatic nitrogens is 3. The van der Waals surface area contributed by atoms with Crippen LogP contribution < -0.4 is 0 Å². The summed E-state index contributed by atoms with van der Waals surface area (Å²) in [5, 5.41) is 15.2. The lowest BCUT2D eigenvalue weighted by atomic mass is 10.1. The molecule has 2 heterocycles. The third-order valence-corrected chi connectivity index (χ3v) is 2.04. The molecular formula is C10H9N3O2. The molecular weight excluding hydrogens is 194 g/mol. The van der Waals surface area contributed by atoms with E-state index in [0.29, 0.717) is 11.4 Å². The Morgan fingerprint density at radius 2 is 2.20 bits per heavy atom. The summed E-state index contributed by atoms with van der Waals surface area (Å²) in [7, 11) is 0. The lowest BCUT2D eigenvalue weighted by Crippen LogP contribution is -1.97. The molecule has 15 heavy (non-hydrogen) atoms. The molecule has 0 saturated carbocycles. The van der Waals surface area contributed by atoms with Gasteiger partial charge in [-0.3, -0.25) is 10.1 Å². The van der Waals surface area contributed by atoms with Crippen LogP contribution in [0.25, 0.3) is 11.4 Å². The summed E-state index contributed by atoms with van der Waals surface area (Å²) in [5.74, 6) is -1.01. The second kappa shape index (κ2) is 3.53. The van der Waals surface area contributed by atoms with Gasteiger partial charge in [0.15, 0.2) is 0 Å². The van der Waals surface area contributed by atoms with Crippen LogP contribution in [-0.2, 0) is 0 Å². The Labute approximate surface area is 85.8 Å². The van der Waals surface area contributed by atoms with Gasteiger partial charge >= 0.3 is 5.97 Å². The highest BCUT2D eigenvalue weighted by molar-refractivity contribution is 5.93. The van der Waals surface area contributed by atoms with Gasteiger partial charge in [-0.1, -0.05) is 6.07 Å². The second-order valence-electron chi connectivity index (χ2n) is 3.18. The first-order valence-electron chi connectivity index (χ1n) is 4.38. The van der Waals surface area contributed by atoms with E-state index >= 15 is 0 Å². The number of carbonyl (C=O) groups is 1. The summed E-state index contributed by atoms with van der Waals surface area (Å²) in [5.41, 5.74) is 2.17. The molecule has 2 aromatic heterocycles. The van der Waals surface area contributed by atoms with Crippen molar-refractivity contribution in [1.29, 1.82) is 0 Å². The number of H-pyrrole nitrogens is 1. The van der Waals surface area contributed by atoms with Crippen LogP contribution in [0.1, 0.15) is 15.9 Å². The van der Waals surface area contributed by atoms with Gasteiger partial charge in [0.2, 0.25) is 0 Å². The molecule has 0 aliphatic rings. The first-order valence-corrected chi connectivity index (χ1v) is 4.38. The average molecular weight is 203 g/mol. The van der Waals surface area contributed by atoms with Crippen LogP contribution in [0, 0.1) is 6.92 Å². The van der Waals surface area contributed by atoms with Gasteiger partial charge in [0, 0.05) is 6.20 Å². The Bertz CT molecular complexity index is 488. The number of aromatic carboxylic acids is 1. The van der Waals surface area contributed by atoms with E-state index in [9.17, 15) is 4.79 Å². The van der Waals surface area contributed by atoms with Gasteiger partial charge in [-0.25, -0.2) is 4.79 Å². The van der Waals surface area contributed by atoms with Crippen molar-refractivity contribution >= 4 is 5.97 Å². The van der Waals surface area contributed by atoms with Gasteiger partial charge < -0.3 is 5.11 Å². The summed E-state index contributed by atoms with van der Waals surface area (Å²) in [6, 6.07) is 3.63. The van der Waals surface area contributed by atoms with Crippen LogP contribution in [0.15, 0.2) is 24.5 Å². The topological polar surface area (TPSA) is 78.9 Å². The maximum absolute atomic E-state index is 10.8. The van der Waals surface area contributed by atoms with Crippen molar-refractivity contribution in [1.82, 2.24) is 15.2 Å². The third kappa shape index (κ3) is 1.71. The molecule has 0 aliphatic carbocycles. The maximum Gasteiger partial charge on any atom is 0.339 e. The normalized spacial score (nSPS) is 10.2. The number of carboxylic acid groups (broad SMARTS) is 1. The first kappa shape index (κ1) is 9.39.